The average molecular weight is 225 g/mol. The lowest BCUT2D eigenvalue weighted by molar-refractivity contribution is -0.146. The highest BCUT2D eigenvalue weighted by molar-refractivity contribution is 5.69. The molecule has 0 amide bonds. The maximum Gasteiger partial charge on any atom is 0.306 e. The van der Waals surface area contributed by atoms with E-state index in [1.54, 1.807) is 0 Å². The molecule has 1 unspecified atom stereocenters. The summed E-state index contributed by atoms with van der Waals surface area (Å²) >= 11 is 0. The second kappa shape index (κ2) is 6.24. The van der Waals surface area contributed by atoms with E-state index < -0.39 is 0 Å². The standard InChI is InChI=1S/C13H23NO2/c15-13(8-12-6-3-7-14-9-12)16-10-11-4-1-2-5-11/h11-12,14H,1-10H2. The highest BCUT2D eigenvalue weighted by Gasteiger charge is 2.20. The van der Waals surface area contributed by atoms with Crippen molar-refractivity contribution in [2.24, 2.45) is 11.8 Å². The fourth-order valence-corrected chi connectivity index (χ4v) is 2.78. The average Bonchev–Trinajstić information content (AvgIpc) is 2.81. The van der Waals surface area contributed by atoms with Gasteiger partial charge < -0.3 is 10.1 Å². The van der Waals surface area contributed by atoms with Crippen LogP contribution in [0, 0.1) is 11.8 Å². The van der Waals surface area contributed by atoms with Crippen LogP contribution in [0.15, 0.2) is 0 Å². The van der Waals surface area contributed by atoms with Crippen LogP contribution in [-0.4, -0.2) is 25.7 Å². The van der Waals surface area contributed by atoms with Gasteiger partial charge in [0, 0.05) is 6.42 Å². The topological polar surface area (TPSA) is 38.3 Å². The zero-order chi connectivity index (χ0) is 11.2. The molecule has 16 heavy (non-hydrogen) atoms. The summed E-state index contributed by atoms with van der Waals surface area (Å²) in [5.74, 6) is 1.17. The summed E-state index contributed by atoms with van der Waals surface area (Å²) in [5.41, 5.74) is 0. The molecular formula is C13H23NO2. The van der Waals surface area contributed by atoms with Crippen molar-refractivity contribution in [3.05, 3.63) is 0 Å². The Labute approximate surface area is 97.9 Å². The first-order valence-corrected chi connectivity index (χ1v) is 6.71. The third-order valence-electron chi connectivity index (χ3n) is 3.81. The van der Waals surface area contributed by atoms with Crippen molar-refractivity contribution in [2.75, 3.05) is 19.7 Å². The lowest BCUT2D eigenvalue weighted by Crippen LogP contribution is -2.31. The Morgan fingerprint density at radius 1 is 1.12 bits per heavy atom. The van der Waals surface area contributed by atoms with E-state index in [4.69, 9.17) is 4.74 Å². The molecule has 0 spiro atoms. The molecule has 0 aromatic carbocycles. The highest BCUT2D eigenvalue weighted by Crippen LogP contribution is 2.25. The fourth-order valence-electron chi connectivity index (χ4n) is 2.78. The van der Waals surface area contributed by atoms with Crippen molar-refractivity contribution in [2.45, 2.75) is 44.9 Å². The van der Waals surface area contributed by atoms with E-state index in [0.717, 1.165) is 13.1 Å². The van der Waals surface area contributed by atoms with E-state index in [0.29, 0.717) is 24.9 Å². The number of ether oxygens (including phenoxy) is 1. The van der Waals surface area contributed by atoms with Gasteiger partial charge >= 0.3 is 5.97 Å². The van der Waals surface area contributed by atoms with Crippen molar-refractivity contribution in [3.63, 3.8) is 0 Å². The largest absolute Gasteiger partial charge is 0.465 e. The number of carbonyl (C=O) groups excluding carboxylic acids is 1. The SMILES string of the molecule is O=C(CC1CCCNC1)OCC1CCCC1. The summed E-state index contributed by atoms with van der Waals surface area (Å²) in [5, 5.41) is 3.33. The Morgan fingerprint density at radius 3 is 2.56 bits per heavy atom. The van der Waals surface area contributed by atoms with Crippen LogP contribution in [0.5, 0.6) is 0 Å². The van der Waals surface area contributed by atoms with Crippen LogP contribution in [0.3, 0.4) is 0 Å². The summed E-state index contributed by atoms with van der Waals surface area (Å²) < 4.78 is 5.36. The molecule has 0 bridgehead atoms. The smallest absolute Gasteiger partial charge is 0.306 e. The molecule has 92 valence electrons. The van der Waals surface area contributed by atoms with Crippen LogP contribution in [-0.2, 0) is 9.53 Å². The summed E-state index contributed by atoms with van der Waals surface area (Å²) in [7, 11) is 0. The Bertz CT molecular complexity index is 218. The van der Waals surface area contributed by atoms with Gasteiger partial charge in [-0.05, 0) is 50.6 Å². The quantitative estimate of drug-likeness (QED) is 0.745. The Balaban J connectivity index is 1.59. The minimum atomic E-state index is 0.0144. The maximum absolute atomic E-state index is 11.6. The maximum atomic E-state index is 11.6. The predicted molar refractivity (Wildman–Crippen MR) is 63.1 cm³/mol. The molecule has 2 rings (SSSR count). The Kier molecular flexibility index (Phi) is 4.64. The number of hydrogen-bond acceptors (Lipinski definition) is 3. The van der Waals surface area contributed by atoms with Gasteiger partial charge in [0.25, 0.3) is 0 Å². The first kappa shape index (κ1) is 11.9. The fraction of sp³-hybridized carbons (Fsp3) is 0.923. The molecule has 0 aromatic heterocycles. The summed E-state index contributed by atoms with van der Waals surface area (Å²) in [6, 6.07) is 0. The summed E-state index contributed by atoms with van der Waals surface area (Å²) in [6.07, 6.45) is 8.10. The molecule has 1 saturated carbocycles. The molecule has 1 aliphatic carbocycles. The first-order chi connectivity index (χ1) is 7.84. The molecule has 1 N–H and O–H groups in total. The van der Waals surface area contributed by atoms with Crippen LogP contribution in [0.1, 0.15) is 44.9 Å². The number of esters is 1. The van der Waals surface area contributed by atoms with Crippen molar-refractivity contribution < 1.29 is 9.53 Å². The molecule has 3 heteroatoms. The Morgan fingerprint density at radius 2 is 1.88 bits per heavy atom. The van der Waals surface area contributed by atoms with Gasteiger partial charge in [0.15, 0.2) is 0 Å². The second-order valence-corrected chi connectivity index (χ2v) is 5.25. The van der Waals surface area contributed by atoms with E-state index in [-0.39, 0.29) is 5.97 Å². The number of rotatable bonds is 4. The van der Waals surface area contributed by atoms with Gasteiger partial charge in [0.05, 0.1) is 6.61 Å². The summed E-state index contributed by atoms with van der Waals surface area (Å²) in [4.78, 5) is 11.6. The van der Waals surface area contributed by atoms with Gasteiger partial charge in [-0.2, -0.15) is 0 Å². The predicted octanol–water partition coefficient (Wildman–Crippen LogP) is 2.11. The number of carbonyl (C=O) groups is 1. The van der Waals surface area contributed by atoms with Gasteiger partial charge in [0.1, 0.15) is 0 Å². The summed E-state index contributed by atoms with van der Waals surface area (Å²) in [6.45, 7) is 2.76. The van der Waals surface area contributed by atoms with Crippen LogP contribution in [0.25, 0.3) is 0 Å². The molecule has 1 atom stereocenters. The zero-order valence-corrected chi connectivity index (χ0v) is 10.0. The normalized spacial score (nSPS) is 26.9. The van der Waals surface area contributed by atoms with E-state index in [1.165, 1.54) is 38.5 Å². The van der Waals surface area contributed by atoms with Gasteiger partial charge in [-0.25, -0.2) is 0 Å². The van der Waals surface area contributed by atoms with Crippen LogP contribution >= 0.6 is 0 Å². The number of nitrogens with one attached hydrogen (secondary N) is 1. The van der Waals surface area contributed by atoms with Crippen molar-refractivity contribution in [3.8, 4) is 0 Å². The first-order valence-electron chi connectivity index (χ1n) is 6.71. The number of hydrogen-bond donors (Lipinski definition) is 1. The zero-order valence-electron chi connectivity index (χ0n) is 10.0. The third-order valence-corrected chi connectivity index (χ3v) is 3.81. The monoisotopic (exact) mass is 225 g/mol. The molecule has 1 heterocycles. The van der Waals surface area contributed by atoms with E-state index in [1.807, 2.05) is 0 Å². The van der Waals surface area contributed by atoms with Crippen LogP contribution in [0.4, 0.5) is 0 Å². The van der Waals surface area contributed by atoms with Gasteiger partial charge in [-0.1, -0.05) is 12.8 Å². The van der Waals surface area contributed by atoms with Crippen molar-refractivity contribution in [1.82, 2.24) is 5.32 Å². The molecule has 0 aromatic rings. The third kappa shape index (κ3) is 3.78. The molecular weight excluding hydrogens is 202 g/mol. The second-order valence-electron chi connectivity index (χ2n) is 5.25. The number of piperidine rings is 1. The van der Waals surface area contributed by atoms with E-state index in [2.05, 4.69) is 5.32 Å². The van der Waals surface area contributed by atoms with Gasteiger partial charge in [-0.3, -0.25) is 4.79 Å². The Hall–Kier alpha value is -0.570. The molecule has 1 saturated heterocycles. The van der Waals surface area contributed by atoms with E-state index in [9.17, 15) is 4.79 Å². The minimum absolute atomic E-state index is 0.0144. The van der Waals surface area contributed by atoms with Crippen molar-refractivity contribution in [1.29, 1.82) is 0 Å². The van der Waals surface area contributed by atoms with Gasteiger partial charge in [0.2, 0.25) is 0 Å². The van der Waals surface area contributed by atoms with E-state index >= 15 is 0 Å². The molecule has 0 radical (unpaired) electrons. The molecule has 2 aliphatic rings. The molecule has 2 fully saturated rings. The molecule has 3 nitrogen and oxygen atoms in total. The van der Waals surface area contributed by atoms with Crippen molar-refractivity contribution >= 4 is 5.97 Å². The van der Waals surface area contributed by atoms with Gasteiger partial charge in [-0.15, -0.1) is 0 Å². The minimum Gasteiger partial charge on any atom is -0.465 e. The van der Waals surface area contributed by atoms with Crippen LogP contribution < -0.4 is 5.32 Å². The molecule has 1 aliphatic heterocycles. The highest BCUT2D eigenvalue weighted by atomic mass is 16.5. The van der Waals surface area contributed by atoms with Crippen LogP contribution in [0.2, 0.25) is 0 Å². The lowest BCUT2D eigenvalue weighted by Gasteiger charge is -2.22. The lowest BCUT2D eigenvalue weighted by atomic mass is 9.96.